The fourth-order valence-electron chi connectivity index (χ4n) is 4.56. The van der Waals surface area contributed by atoms with Gasteiger partial charge in [-0.3, -0.25) is 9.59 Å². The maximum atomic E-state index is 12.9. The van der Waals surface area contributed by atoms with Crippen LogP contribution < -0.4 is 4.90 Å². The number of hydrogen-bond acceptors (Lipinski definition) is 4. The first-order valence-electron chi connectivity index (χ1n) is 10.6. The second-order valence-electron chi connectivity index (χ2n) is 8.36. The van der Waals surface area contributed by atoms with Gasteiger partial charge in [0.2, 0.25) is 11.8 Å². The minimum absolute atomic E-state index is 0.0563. The molecule has 0 bridgehead atoms. The Morgan fingerprint density at radius 3 is 2.28 bits per heavy atom. The number of para-hydroxylation sites is 1. The van der Waals surface area contributed by atoms with Crippen molar-refractivity contribution < 1.29 is 9.59 Å². The fourth-order valence-corrected chi connectivity index (χ4v) is 4.56. The second-order valence-corrected chi connectivity index (χ2v) is 8.36. The SMILES string of the molecule is CC(=O)N1CCC(C(=O)N2CCN(c3cc(C)c4cccc(C)c4n3)CC2)CC1. The molecule has 0 saturated carbocycles. The topological polar surface area (TPSA) is 56.8 Å². The predicted molar refractivity (Wildman–Crippen MR) is 115 cm³/mol. The molecule has 3 heterocycles. The lowest BCUT2D eigenvalue weighted by atomic mass is 9.95. The molecule has 2 amide bonds. The van der Waals surface area contributed by atoms with Crippen LogP contribution in [0.25, 0.3) is 10.9 Å². The van der Waals surface area contributed by atoms with Crippen LogP contribution in [0.1, 0.15) is 30.9 Å². The summed E-state index contributed by atoms with van der Waals surface area (Å²) in [5.41, 5.74) is 3.50. The highest BCUT2D eigenvalue weighted by atomic mass is 16.2. The van der Waals surface area contributed by atoms with Gasteiger partial charge in [0.15, 0.2) is 0 Å². The van der Waals surface area contributed by atoms with E-state index in [9.17, 15) is 9.59 Å². The molecule has 1 aromatic carbocycles. The van der Waals surface area contributed by atoms with Crippen molar-refractivity contribution in [1.29, 1.82) is 0 Å². The Morgan fingerprint density at radius 2 is 1.62 bits per heavy atom. The van der Waals surface area contributed by atoms with E-state index in [1.165, 1.54) is 16.5 Å². The lowest BCUT2D eigenvalue weighted by Gasteiger charge is -2.39. The Bertz CT molecular complexity index is 926. The highest BCUT2D eigenvalue weighted by Crippen LogP contribution is 2.26. The Balaban J connectivity index is 1.40. The zero-order chi connectivity index (χ0) is 20.5. The fraction of sp³-hybridized carbons (Fsp3) is 0.522. The lowest BCUT2D eigenvalue weighted by molar-refractivity contribution is -0.140. The number of fused-ring (bicyclic) bond motifs is 1. The number of aromatic nitrogens is 1. The number of nitrogens with zero attached hydrogens (tertiary/aromatic N) is 4. The molecule has 29 heavy (non-hydrogen) atoms. The molecule has 1 aromatic heterocycles. The maximum Gasteiger partial charge on any atom is 0.225 e. The second kappa shape index (κ2) is 8.01. The van der Waals surface area contributed by atoms with E-state index >= 15 is 0 Å². The van der Waals surface area contributed by atoms with E-state index in [0.29, 0.717) is 13.1 Å². The number of piperidine rings is 1. The third-order valence-electron chi connectivity index (χ3n) is 6.44. The van der Waals surface area contributed by atoms with E-state index in [0.717, 1.165) is 50.4 Å². The molecular weight excluding hydrogens is 364 g/mol. The van der Waals surface area contributed by atoms with Crippen molar-refractivity contribution in [1.82, 2.24) is 14.8 Å². The summed E-state index contributed by atoms with van der Waals surface area (Å²) in [7, 11) is 0. The number of aryl methyl sites for hydroxylation is 2. The number of carbonyl (C=O) groups is 2. The minimum atomic E-state index is 0.0563. The molecule has 4 rings (SSSR count). The molecule has 2 saturated heterocycles. The van der Waals surface area contributed by atoms with Gasteiger partial charge in [0.1, 0.15) is 5.82 Å². The summed E-state index contributed by atoms with van der Waals surface area (Å²) in [6, 6.07) is 8.48. The first-order chi connectivity index (χ1) is 13.9. The van der Waals surface area contributed by atoms with Crippen molar-refractivity contribution >= 4 is 28.5 Å². The van der Waals surface area contributed by atoms with Crippen LogP contribution in [-0.2, 0) is 9.59 Å². The zero-order valence-electron chi connectivity index (χ0n) is 17.6. The Morgan fingerprint density at radius 1 is 0.931 bits per heavy atom. The van der Waals surface area contributed by atoms with Gasteiger partial charge in [0, 0.05) is 57.5 Å². The molecule has 154 valence electrons. The number of amides is 2. The predicted octanol–water partition coefficient (Wildman–Crippen LogP) is 2.76. The number of likely N-dealkylation sites (tertiary alicyclic amines) is 1. The number of pyridine rings is 1. The lowest BCUT2D eigenvalue weighted by Crippen LogP contribution is -2.52. The quantitative estimate of drug-likeness (QED) is 0.786. The highest BCUT2D eigenvalue weighted by Gasteiger charge is 2.31. The average Bonchev–Trinajstić information content (AvgIpc) is 2.74. The Kier molecular flexibility index (Phi) is 5.43. The van der Waals surface area contributed by atoms with Gasteiger partial charge in [-0.05, 0) is 43.9 Å². The summed E-state index contributed by atoms with van der Waals surface area (Å²) < 4.78 is 0. The Hall–Kier alpha value is -2.63. The molecule has 0 N–H and O–H groups in total. The van der Waals surface area contributed by atoms with Crippen LogP contribution in [0, 0.1) is 19.8 Å². The van der Waals surface area contributed by atoms with Crippen molar-refractivity contribution in [3.8, 4) is 0 Å². The van der Waals surface area contributed by atoms with E-state index in [2.05, 4.69) is 43.0 Å². The third kappa shape index (κ3) is 3.93. The summed E-state index contributed by atoms with van der Waals surface area (Å²) in [6.07, 6.45) is 1.56. The Labute approximate surface area is 172 Å². The molecule has 2 aliphatic heterocycles. The highest BCUT2D eigenvalue weighted by molar-refractivity contribution is 5.86. The van der Waals surface area contributed by atoms with Gasteiger partial charge in [-0.2, -0.15) is 0 Å². The summed E-state index contributed by atoms with van der Waals surface area (Å²) in [5.74, 6) is 1.43. The van der Waals surface area contributed by atoms with E-state index in [4.69, 9.17) is 4.98 Å². The average molecular weight is 395 g/mol. The molecule has 2 aliphatic rings. The normalized spacial score (nSPS) is 18.4. The molecule has 6 nitrogen and oxygen atoms in total. The third-order valence-corrected chi connectivity index (χ3v) is 6.44. The van der Waals surface area contributed by atoms with Crippen molar-refractivity contribution in [3.05, 3.63) is 35.4 Å². The summed E-state index contributed by atoms with van der Waals surface area (Å²) in [5, 5.41) is 1.21. The molecule has 0 unspecified atom stereocenters. The number of rotatable bonds is 2. The van der Waals surface area contributed by atoms with Gasteiger partial charge in [0.05, 0.1) is 5.52 Å². The molecule has 2 aromatic rings. The van der Waals surface area contributed by atoms with Gasteiger partial charge in [0.25, 0.3) is 0 Å². The number of anilines is 1. The van der Waals surface area contributed by atoms with Crippen LogP contribution in [0.15, 0.2) is 24.3 Å². The summed E-state index contributed by atoms with van der Waals surface area (Å²) >= 11 is 0. The molecule has 0 aliphatic carbocycles. The van der Waals surface area contributed by atoms with Crippen LogP contribution in [0.5, 0.6) is 0 Å². The molecular formula is C23H30N4O2. The maximum absolute atomic E-state index is 12.9. The van der Waals surface area contributed by atoms with Crippen LogP contribution in [-0.4, -0.2) is 65.9 Å². The van der Waals surface area contributed by atoms with E-state index in [1.54, 1.807) is 6.92 Å². The van der Waals surface area contributed by atoms with Crippen LogP contribution in [0.3, 0.4) is 0 Å². The van der Waals surface area contributed by atoms with Crippen molar-refractivity contribution in [2.24, 2.45) is 5.92 Å². The van der Waals surface area contributed by atoms with Gasteiger partial charge in [-0.25, -0.2) is 4.98 Å². The number of carbonyl (C=O) groups excluding carboxylic acids is 2. The largest absolute Gasteiger partial charge is 0.353 e. The van der Waals surface area contributed by atoms with Gasteiger partial charge in [-0.1, -0.05) is 18.2 Å². The number of piperazine rings is 1. The van der Waals surface area contributed by atoms with E-state index in [-0.39, 0.29) is 17.7 Å². The van der Waals surface area contributed by atoms with Crippen LogP contribution >= 0.6 is 0 Å². The monoisotopic (exact) mass is 394 g/mol. The van der Waals surface area contributed by atoms with Gasteiger partial charge >= 0.3 is 0 Å². The van der Waals surface area contributed by atoms with Gasteiger partial charge < -0.3 is 14.7 Å². The van der Waals surface area contributed by atoms with E-state index in [1.807, 2.05) is 9.80 Å². The summed E-state index contributed by atoms with van der Waals surface area (Å²) in [6.45, 7) is 10.3. The summed E-state index contributed by atoms with van der Waals surface area (Å²) in [4.78, 5) is 35.5. The molecule has 0 radical (unpaired) electrons. The zero-order valence-corrected chi connectivity index (χ0v) is 17.6. The minimum Gasteiger partial charge on any atom is -0.353 e. The molecule has 6 heteroatoms. The first-order valence-corrected chi connectivity index (χ1v) is 10.6. The van der Waals surface area contributed by atoms with Crippen molar-refractivity contribution in [2.75, 3.05) is 44.2 Å². The molecule has 0 atom stereocenters. The molecule has 2 fully saturated rings. The van der Waals surface area contributed by atoms with E-state index < -0.39 is 0 Å². The van der Waals surface area contributed by atoms with Crippen LogP contribution in [0.4, 0.5) is 5.82 Å². The molecule has 0 spiro atoms. The van der Waals surface area contributed by atoms with Crippen molar-refractivity contribution in [2.45, 2.75) is 33.6 Å². The van der Waals surface area contributed by atoms with Gasteiger partial charge in [-0.15, -0.1) is 0 Å². The number of benzene rings is 1. The van der Waals surface area contributed by atoms with Crippen LogP contribution in [0.2, 0.25) is 0 Å². The first kappa shape index (κ1) is 19.7. The number of hydrogen-bond donors (Lipinski definition) is 0. The standard InChI is InChI=1S/C23H30N4O2/c1-16-5-4-6-20-17(2)15-21(24-22(16)20)26-11-13-27(14-12-26)23(29)19-7-9-25(10-8-19)18(3)28/h4-6,15,19H,7-14H2,1-3H3. The smallest absolute Gasteiger partial charge is 0.225 e. The van der Waals surface area contributed by atoms with Crippen molar-refractivity contribution in [3.63, 3.8) is 0 Å².